The minimum atomic E-state index is -0.184. The Kier molecular flexibility index (Phi) is 6.71. The summed E-state index contributed by atoms with van der Waals surface area (Å²) in [6.45, 7) is 3.28. The van der Waals surface area contributed by atoms with Crippen molar-refractivity contribution in [3.63, 3.8) is 0 Å². The number of carbonyl (C=O) groups excluding carboxylic acids is 2. The smallest absolute Gasteiger partial charge is 0.248 e. The predicted molar refractivity (Wildman–Crippen MR) is 123 cm³/mol. The summed E-state index contributed by atoms with van der Waals surface area (Å²) in [4.78, 5) is 26.7. The van der Waals surface area contributed by atoms with Crippen LogP contribution in [0.4, 0.5) is 5.69 Å². The van der Waals surface area contributed by atoms with Crippen LogP contribution >= 0.6 is 0 Å². The van der Waals surface area contributed by atoms with Gasteiger partial charge in [0.15, 0.2) is 0 Å². The Hall–Kier alpha value is -3.38. The molecule has 2 amide bonds. The number of carbonyl (C=O) groups is 2. The molecule has 1 aromatic heterocycles. The normalized spacial score (nSPS) is 14.0. The third-order valence-electron chi connectivity index (χ3n) is 5.85. The molecular formula is C26H28N2O4. The van der Waals surface area contributed by atoms with Crippen LogP contribution in [0.15, 0.2) is 65.1 Å². The second kappa shape index (κ2) is 9.83. The van der Waals surface area contributed by atoms with Gasteiger partial charge in [-0.25, -0.2) is 0 Å². The number of hydrogen-bond acceptors (Lipinski definition) is 4. The van der Waals surface area contributed by atoms with Crippen LogP contribution in [0.5, 0.6) is 0 Å². The number of ether oxygens (including phenoxy) is 1. The zero-order valence-corrected chi connectivity index (χ0v) is 18.5. The van der Waals surface area contributed by atoms with Crippen LogP contribution in [-0.4, -0.2) is 37.0 Å². The number of rotatable bonds is 7. The van der Waals surface area contributed by atoms with E-state index in [-0.39, 0.29) is 24.3 Å². The van der Waals surface area contributed by atoms with Crippen molar-refractivity contribution in [2.75, 3.05) is 25.6 Å². The van der Waals surface area contributed by atoms with Gasteiger partial charge in [-0.15, -0.1) is 0 Å². The number of methoxy groups -OCH3 is 1. The van der Waals surface area contributed by atoms with Crippen LogP contribution in [0.3, 0.4) is 0 Å². The van der Waals surface area contributed by atoms with E-state index in [2.05, 4.69) is 5.32 Å². The van der Waals surface area contributed by atoms with E-state index in [0.717, 1.165) is 40.3 Å². The summed E-state index contributed by atoms with van der Waals surface area (Å²) in [5.74, 6) is 1.48. The van der Waals surface area contributed by atoms with Crippen LogP contribution in [0.1, 0.15) is 36.1 Å². The molecule has 4 rings (SSSR count). The number of hydrogen-bond donors (Lipinski definition) is 1. The van der Waals surface area contributed by atoms with E-state index in [0.29, 0.717) is 19.5 Å². The highest BCUT2D eigenvalue weighted by Crippen LogP contribution is 2.30. The number of nitrogens with zero attached hydrogens (tertiary/aromatic N) is 1. The first-order valence-corrected chi connectivity index (χ1v) is 10.9. The summed E-state index contributed by atoms with van der Waals surface area (Å²) in [5.41, 5.74) is 3.73. The first kappa shape index (κ1) is 21.8. The number of amides is 2. The summed E-state index contributed by atoms with van der Waals surface area (Å²) >= 11 is 0. The molecule has 2 heterocycles. The lowest BCUT2D eigenvalue weighted by Gasteiger charge is -2.25. The fourth-order valence-electron chi connectivity index (χ4n) is 4.11. The van der Waals surface area contributed by atoms with Crippen LogP contribution < -0.4 is 5.32 Å². The summed E-state index contributed by atoms with van der Waals surface area (Å²) in [6.07, 6.45) is 1.42. The number of anilines is 1. The molecule has 32 heavy (non-hydrogen) atoms. The van der Waals surface area contributed by atoms with Crippen LogP contribution in [0.2, 0.25) is 0 Å². The standard InChI is InChI=1S/C26H28N2O4/c1-3-22(18-7-5-4-6-8-18)26(30)27-21-11-9-19(10-12-21)24-15-20-16-28(25(29)17-31-2)14-13-23(20)32-24/h4-12,15,22H,3,13-14,16-17H2,1-2H3,(H,27,30). The van der Waals surface area contributed by atoms with Gasteiger partial charge in [0.2, 0.25) is 11.8 Å². The second-order valence-corrected chi connectivity index (χ2v) is 8.00. The Morgan fingerprint density at radius 1 is 1.12 bits per heavy atom. The van der Waals surface area contributed by atoms with E-state index in [1.807, 2.05) is 67.6 Å². The van der Waals surface area contributed by atoms with E-state index in [1.165, 1.54) is 7.11 Å². The Bertz CT molecular complexity index is 1070. The second-order valence-electron chi connectivity index (χ2n) is 8.00. The summed E-state index contributed by atoms with van der Waals surface area (Å²) in [5, 5.41) is 3.02. The molecule has 0 spiro atoms. The molecule has 1 aliphatic heterocycles. The van der Waals surface area contributed by atoms with Gasteiger partial charge in [0.25, 0.3) is 0 Å². The molecule has 1 N–H and O–H groups in total. The van der Waals surface area contributed by atoms with Gasteiger partial charge >= 0.3 is 0 Å². The lowest BCUT2D eigenvalue weighted by Crippen LogP contribution is -2.37. The molecule has 3 aromatic rings. The lowest BCUT2D eigenvalue weighted by molar-refractivity contribution is -0.136. The molecule has 0 aliphatic carbocycles. The van der Waals surface area contributed by atoms with E-state index < -0.39 is 0 Å². The van der Waals surface area contributed by atoms with E-state index in [9.17, 15) is 9.59 Å². The molecule has 0 saturated heterocycles. The molecule has 1 atom stereocenters. The Balaban J connectivity index is 1.43. The zero-order chi connectivity index (χ0) is 22.5. The van der Waals surface area contributed by atoms with Gasteiger partial charge in [-0.1, -0.05) is 37.3 Å². The molecule has 1 unspecified atom stereocenters. The van der Waals surface area contributed by atoms with Gasteiger partial charge in [0.1, 0.15) is 18.1 Å². The number of fused-ring (bicyclic) bond motifs is 1. The maximum Gasteiger partial charge on any atom is 0.248 e. The van der Waals surface area contributed by atoms with Gasteiger partial charge in [-0.05, 0) is 42.3 Å². The lowest BCUT2D eigenvalue weighted by atomic mass is 9.95. The summed E-state index contributed by atoms with van der Waals surface area (Å²) < 4.78 is 11.0. The van der Waals surface area contributed by atoms with Crippen molar-refractivity contribution in [1.29, 1.82) is 0 Å². The van der Waals surface area contributed by atoms with Gasteiger partial charge in [-0.2, -0.15) is 0 Å². The molecule has 6 heteroatoms. The van der Waals surface area contributed by atoms with Crippen LogP contribution in [0.25, 0.3) is 11.3 Å². The van der Waals surface area contributed by atoms with Gasteiger partial charge in [0.05, 0.1) is 5.92 Å². The highest BCUT2D eigenvalue weighted by atomic mass is 16.5. The highest BCUT2D eigenvalue weighted by Gasteiger charge is 2.24. The van der Waals surface area contributed by atoms with Crippen LogP contribution in [0, 0.1) is 0 Å². The average molecular weight is 433 g/mol. The Labute approximate surface area is 188 Å². The van der Waals surface area contributed by atoms with E-state index >= 15 is 0 Å². The minimum absolute atomic E-state index is 0.0121. The van der Waals surface area contributed by atoms with Crippen molar-refractivity contribution in [3.05, 3.63) is 77.6 Å². The molecule has 1 aliphatic rings. The summed E-state index contributed by atoms with van der Waals surface area (Å²) in [7, 11) is 1.53. The zero-order valence-electron chi connectivity index (χ0n) is 18.5. The average Bonchev–Trinajstić information content (AvgIpc) is 3.24. The Morgan fingerprint density at radius 2 is 1.88 bits per heavy atom. The van der Waals surface area contributed by atoms with Gasteiger partial charge in [0, 0.05) is 43.4 Å². The molecule has 2 aromatic carbocycles. The number of benzene rings is 2. The third-order valence-corrected chi connectivity index (χ3v) is 5.85. The van der Waals surface area contributed by atoms with Crippen molar-refractivity contribution in [2.24, 2.45) is 0 Å². The first-order chi connectivity index (χ1) is 15.6. The fraction of sp³-hybridized carbons (Fsp3) is 0.308. The van der Waals surface area contributed by atoms with Crippen molar-refractivity contribution in [2.45, 2.75) is 32.2 Å². The van der Waals surface area contributed by atoms with Gasteiger partial charge < -0.3 is 19.4 Å². The molecule has 6 nitrogen and oxygen atoms in total. The maximum absolute atomic E-state index is 12.8. The van der Waals surface area contributed by atoms with Crippen molar-refractivity contribution in [3.8, 4) is 11.3 Å². The highest BCUT2D eigenvalue weighted by molar-refractivity contribution is 5.96. The van der Waals surface area contributed by atoms with E-state index in [1.54, 1.807) is 4.90 Å². The fourth-order valence-corrected chi connectivity index (χ4v) is 4.11. The third kappa shape index (κ3) is 4.75. The molecule has 0 saturated carbocycles. The molecule has 0 fully saturated rings. The summed E-state index contributed by atoms with van der Waals surface area (Å²) in [6, 6.07) is 19.5. The monoisotopic (exact) mass is 432 g/mol. The number of nitrogens with one attached hydrogen (secondary N) is 1. The minimum Gasteiger partial charge on any atom is -0.461 e. The Morgan fingerprint density at radius 3 is 2.56 bits per heavy atom. The first-order valence-electron chi connectivity index (χ1n) is 10.9. The molecule has 0 bridgehead atoms. The quantitative estimate of drug-likeness (QED) is 0.592. The predicted octanol–water partition coefficient (Wildman–Crippen LogP) is 4.61. The number of furan rings is 1. The molecule has 166 valence electrons. The topological polar surface area (TPSA) is 71.8 Å². The van der Waals surface area contributed by atoms with Crippen molar-refractivity contribution in [1.82, 2.24) is 4.90 Å². The van der Waals surface area contributed by atoms with Crippen molar-refractivity contribution < 1.29 is 18.7 Å². The molecular weight excluding hydrogens is 404 g/mol. The maximum atomic E-state index is 12.8. The SMILES string of the molecule is CCC(C(=O)Nc1ccc(-c2cc3c(o2)CCN(C(=O)COC)C3)cc1)c1ccccc1. The van der Waals surface area contributed by atoms with Gasteiger partial charge in [-0.3, -0.25) is 9.59 Å². The molecule has 0 radical (unpaired) electrons. The van der Waals surface area contributed by atoms with Crippen molar-refractivity contribution >= 4 is 17.5 Å². The van der Waals surface area contributed by atoms with E-state index in [4.69, 9.17) is 9.15 Å². The van der Waals surface area contributed by atoms with Crippen LogP contribution in [-0.2, 0) is 27.3 Å². The largest absolute Gasteiger partial charge is 0.461 e.